The molecule has 148 valence electrons. The van der Waals surface area contributed by atoms with Gasteiger partial charge in [0.2, 0.25) is 0 Å². The Morgan fingerprint density at radius 2 is 2.00 bits per heavy atom. The standard InChI is InChI=1S/C17H18BrF3N4S.HI/c1-22-15(23-8-14-25-13(9-26-14)17(19,20)21)24-10-16(6-7-16)11-4-2-3-5-12(11)18;/h2-5,9H,6-8,10H2,1H3,(H2,22,23,24);1H. The summed E-state index contributed by atoms with van der Waals surface area (Å²) in [5.74, 6) is 0.548. The Balaban J connectivity index is 0.00000261. The SMILES string of the molecule is CN=C(NCc1nc(C(F)(F)F)cs1)NCC1(c2ccccc2Br)CC1.I. The van der Waals surface area contributed by atoms with Gasteiger partial charge in [0, 0.05) is 28.9 Å². The first-order valence-corrected chi connectivity index (χ1v) is 9.72. The number of benzene rings is 1. The maximum Gasteiger partial charge on any atom is 0.434 e. The number of rotatable bonds is 5. The molecule has 1 aliphatic rings. The lowest BCUT2D eigenvalue weighted by atomic mass is 9.96. The van der Waals surface area contributed by atoms with Gasteiger partial charge in [-0.15, -0.1) is 35.3 Å². The molecule has 3 rings (SSSR count). The van der Waals surface area contributed by atoms with Crippen LogP contribution in [0.5, 0.6) is 0 Å². The Bertz CT molecular complexity index is 805. The lowest BCUT2D eigenvalue weighted by Gasteiger charge is -2.20. The summed E-state index contributed by atoms with van der Waals surface area (Å²) >= 11 is 4.58. The van der Waals surface area contributed by atoms with Crippen LogP contribution in [-0.4, -0.2) is 24.5 Å². The third kappa shape index (κ3) is 5.57. The number of alkyl halides is 3. The molecule has 10 heteroatoms. The number of halogens is 5. The fraction of sp³-hybridized carbons (Fsp3) is 0.412. The van der Waals surface area contributed by atoms with Crippen LogP contribution < -0.4 is 10.6 Å². The molecule has 0 bridgehead atoms. The van der Waals surface area contributed by atoms with Gasteiger partial charge in [-0.2, -0.15) is 13.2 Å². The Kier molecular flexibility index (Phi) is 7.54. The Labute approximate surface area is 185 Å². The number of nitrogens with one attached hydrogen (secondary N) is 2. The van der Waals surface area contributed by atoms with Crippen LogP contribution in [0.1, 0.15) is 29.1 Å². The van der Waals surface area contributed by atoms with Crippen molar-refractivity contribution in [1.82, 2.24) is 15.6 Å². The number of aromatic nitrogens is 1. The van der Waals surface area contributed by atoms with Crippen LogP contribution in [0, 0.1) is 0 Å². The maximum atomic E-state index is 12.6. The highest BCUT2D eigenvalue weighted by molar-refractivity contribution is 14.0. The lowest BCUT2D eigenvalue weighted by molar-refractivity contribution is -0.140. The van der Waals surface area contributed by atoms with E-state index in [9.17, 15) is 13.2 Å². The van der Waals surface area contributed by atoms with Crippen molar-refractivity contribution in [2.24, 2.45) is 4.99 Å². The minimum absolute atomic E-state index is 0. The van der Waals surface area contributed by atoms with Gasteiger partial charge in [0.25, 0.3) is 0 Å². The predicted octanol–water partition coefficient (Wildman–Crippen LogP) is 4.94. The molecule has 0 unspecified atom stereocenters. The van der Waals surface area contributed by atoms with Gasteiger partial charge in [-0.25, -0.2) is 4.98 Å². The van der Waals surface area contributed by atoms with E-state index in [4.69, 9.17) is 0 Å². The van der Waals surface area contributed by atoms with Crippen molar-refractivity contribution >= 4 is 57.2 Å². The second kappa shape index (κ2) is 9.08. The summed E-state index contributed by atoms with van der Waals surface area (Å²) in [7, 11) is 1.64. The first-order chi connectivity index (χ1) is 12.3. The maximum absolute atomic E-state index is 12.6. The predicted molar refractivity (Wildman–Crippen MR) is 116 cm³/mol. The van der Waals surface area contributed by atoms with E-state index in [0.717, 1.165) is 34.0 Å². The summed E-state index contributed by atoms with van der Waals surface area (Å²) in [6.07, 6.45) is -2.24. The highest BCUT2D eigenvalue weighted by atomic mass is 127. The van der Waals surface area contributed by atoms with Gasteiger partial charge < -0.3 is 10.6 Å². The molecule has 1 fully saturated rings. The Morgan fingerprint density at radius 1 is 1.30 bits per heavy atom. The largest absolute Gasteiger partial charge is 0.434 e. The summed E-state index contributed by atoms with van der Waals surface area (Å²) in [4.78, 5) is 7.75. The van der Waals surface area contributed by atoms with Crippen LogP contribution in [-0.2, 0) is 18.1 Å². The number of thiazole rings is 1. The number of guanidine groups is 1. The number of hydrogen-bond acceptors (Lipinski definition) is 3. The molecule has 1 saturated carbocycles. The second-order valence-electron chi connectivity index (χ2n) is 6.16. The molecule has 2 N–H and O–H groups in total. The van der Waals surface area contributed by atoms with E-state index in [0.29, 0.717) is 17.5 Å². The van der Waals surface area contributed by atoms with Gasteiger partial charge in [0.1, 0.15) is 5.01 Å². The zero-order valence-corrected chi connectivity index (χ0v) is 19.2. The van der Waals surface area contributed by atoms with Gasteiger partial charge >= 0.3 is 6.18 Å². The van der Waals surface area contributed by atoms with Gasteiger partial charge in [0.15, 0.2) is 11.7 Å². The average molecular weight is 575 g/mol. The molecule has 0 amide bonds. The van der Waals surface area contributed by atoms with Gasteiger partial charge in [0.05, 0.1) is 6.54 Å². The molecular formula is C17H19BrF3IN4S. The van der Waals surface area contributed by atoms with E-state index in [1.807, 2.05) is 18.2 Å². The number of nitrogens with zero attached hydrogens (tertiary/aromatic N) is 2. The van der Waals surface area contributed by atoms with Crippen molar-refractivity contribution in [3.63, 3.8) is 0 Å². The number of hydrogen-bond donors (Lipinski definition) is 2. The van der Waals surface area contributed by atoms with E-state index in [-0.39, 0.29) is 35.9 Å². The molecule has 1 heterocycles. The molecule has 0 spiro atoms. The summed E-state index contributed by atoms with van der Waals surface area (Å²) in [6.45, 7) is 0.906. The van der Waals surface area contributed by atoms with Crippen LogP contribution >= 0.6 is 51.2 Å². The molecule has 2 aromatic rings. The normalized spacial score (nSPS) is 15.8. The zero-order valence-electron chi connectivity index (χ0n) is 14.4. The summed E-state index contributed by atoms with van der Waals surface area (Å²) < 4.78 is 38.9. The van der Waals surface area contributed by atoms with E-state index in [1.54, 1.807) is 7.05 Å². The van der Waals surface area contributed by atoms with Crippen LogP contribution in [0.2, 0.25) is 0 Å². The molecule has 0 aliphatic heterocycles. The van der Waals surface area contributed by atoms with Crippen molar-refractivity contribution in [3.8, 4) is 0 Å². The second-order valence-corrected chi connectivity index (χ2v) is 7.96. The van der Waals surface area contributed by atoms with E-state index in [1.165, 1.54) is 5.56 Å². The molecule has 0 saturated heterocycles. The third-order valence-electron chi connectivity index (χ3n) is 4.37. The molecule has 4 nitrogen and oxygen atoms in total. The van der Waals surface area contributed by atoms with Crippen LogP contribution in [0.25, 0.3) is 0 Å². The van der Waals surface area contributed by atoms with Gasteiger partial charge in [-0.3, -0.25) is 4.99 Å². The van der Waals surface area contributed by atoms with Crippen LogP contribution in [0.4, 0.5) is 13.2 Å². The molecule has 27 heavy (non-hydrogen) atoms. The fourth-order valence-corrected chi connectivity index (χ4v) is 4.18. The minimum Gasteiger partial charge on any atom is -0.356 e. The van der Waals surface area contributed by atoms with Gasteiger partial charge in [-0.1, -0.05) is 34.1 Å². The van der Waals surface area contributed by atoms with E-state index >= 15 is 0 Å². The highest BCUT2D eigenvalue weighted by Gasteiger charge is 2.45. The van der Waals surface area contributed by atoms with Crippen molar-refractivity contribution in [3.05, 3.63) is 50.4 Å². The topological polar surface area (TPSA) is 49.3 Å². The molecule has 1 aromatic heterocycles. The summed E-state index contributed by atoms with van der Waals surface area (Å²) in [5.41, 5.74) is 0.480. The highest BCUT2D eigenvalue weighted by Crippen LogP contribution is 2.49. The first kappa shape index (κ1) is 22.4. The van der Waals surface area contributed by atoms with Crippen LogP contribution in [0.3, 0.4) is 0 Å². The Morgan fingerprint density at radius 3 is 2.56 bits per heavy atom. The third-order valence-corrected chi connectivity index (χ3v) is 5.91. The average Bonchev–Trinajstić information content (AvgIpc) is 3.22. The fourth-order valence-electron chi connectivity index (χ4n) is 2.74. The Hall–Kier alpha value is -0.880. The van der Waals surface area contributed by atoms with Gasteiger partial charge in [-0.05, 0) is 24.5 Å². The molecule has 1 aromatic carbocycles. The summed E-state index contributed by atoms with van der Waals surface area (Å²) in [5, 5.41) is 7.70. The molecular weight excluding hydrogens is 556 g/mol. The van der Waals surface area contributed by atoms with Crippen molar-refractivity contribution in [2.75, 3.05) is 13.6 Å². The first-order valence-electron chi connectivity index (χ1n) is 8.05. The summed E-state index contributed by atoms with van der Waals surface area (Å²) in [6, 6.07) is 8.15. The van der Waals surface area contributed by atoms with Crippen molar-refractivity contribution in [2.45, 2.75) is 31.0 Å². The minimum atomic E-state index is -4.41. The van der Waals surface area contributed by atoms with Crippen molar-refractivity contribution < 1.29 is 13.2 Å². The zero-order chi connectivity index (χ0) is 18.8. The van der Waals surface area contributed by atoms with Crippen molar-refractivity contribution in [1.29, 1.82) is 0 Å². The monoisotopic (exact) mass is 574 g/mol. The molecule has 1 aliphatic carbocycles. The van der Waals surface area contributed by atoms with Crippen LogP contribution in [0.15, 0.2) is 39.1 Å². The van der Waals surface area contributed by atoms with E-state index in [2.05, 4.69) is 42.6 Å². The lowest BCUT2D eigenvalue weighted by Crippen LogP contribution is -2.41. The number of aliphatic imine (C=N–C) groups is 1. The molecule has 0 radical (unpaired) electrons. The smallest absolute Gasteiger partial charge is 0.356 e. The van der Waals surface area contributed by atoms with E-state index < -0.39 is 11.9 Å². The quantitative estimate of drug-likeness (QED) is 0.302. The molecule has 0 atom stereocenters.